The zero-order valence-corrected chi connectivity index (χ0v) is 11.0. The van der Waals surface area contributed by atoms with Gasteiger partial charge in [-0.2, -0.15) is 5.26 Å². The van der Waals surface area contributed by atoms with Gasteiger partial charge in [0.1, 0.15) is 5.75 Å². The Kier molecular flexibility index (Phi) is 3.63. The first-order chi connectivity index (χ1) is 9.10. The SMILES string of the molecule is C=C(C)c1cc(Oc2ccc(C)cn2)ccc1C#N. The van der Waals surface area contributed by atoms with Crippen LogP contribution in [-0.4, -0.2) is 4.98 Å². The highest BCUT2D eigenvalue weighted by molar-refractivity contribution is 5.68. The van der Waals surface area contributed by atoms with Crippen LogP contribution in [0.1, 0.15) is 23.6 Å². The molecule has 3 nitrogen and oxygen atoms in total. The number of benzene rings is 1. The molecule has 19 heavy (non-hydrogen) atoms. The van der Waals surface area contributed by atoms with E-state index in [1.807, 2.05) is 32.0 Å². The summed E-state index contributed by atoms with van der Waals surface area (Å²) < 4.78 is 5.66. The Hall–Kier alpha value is -2.60. The molecule has 0 aliphatic rings. The predicted molar refractivity (Wildman–Crippen MR) is 74.9 cm³/mol. The van der Waals surface area contributed by atoms with Crippen molar-refractivity contribution in [2.24, 2.45) is 0 Å². The lowest BCUT2D eigenvalue weighted by atomic mass is 10.0. The first kappa shape index (κ1) is 12.8. The number of allylic oxidation sites excluding steroid dienone is 1. The average Bonchev–Trinajstić information content (AvgIpc) is 2.41. The Morgan fingerprint density at radius 2 is 2.11 bits per heavy atom. The van der Waals surface area contributed by atoms with E-state index in [0.717, 1.165) is 16.7 Å². The molecule has 0 N–H and O–H groups in total. The van der Waals surface area contributed by atoms with Crippen LogP contribution < -0.4 is 4.74 Å². The molecule has 0 amide bonds. The van der Waals surface area contributed by atoms with Crippen LogP contribution in [0.15, 0.2) is 43.1 Å². The van der Waals surface area contributed by atoms with E-state index < -0.39 is 0 Å². The fourth-order valence-corrected chi connectivity index (χ4v) is 1.67. The van der Waals surface area contributed by atoms with Crippen molar-refractivity contribution in [1.29, 1.82) is 5.26 Å². The molecule has 0 atom stereocenters. The minimum absolute atomic E-state index is 0.531. The molecule has 0 unspecified atom stereocenters. The number of aryl methyl sites for hydroxylation is 1. The van der Waals surface area contributed by atoms with Gasteiger partial charge in [0.05, 0.1) is 11.6 Å². The van der Waals surface area contributed by atoms with Crippen LogP contribution in [0.3, 0.4) is 0 Å². The fourth-order valence-electron chi connectivity index (χ4n) is 1.67. The van der Waals surface area contributed by atoms with E-state index in [4.69, 9.17) is 10.00 Å². The van der Waals surface area contributed by atoms with Gasteiger partial charge in [-0.25, -0.2) is 4.98 Å². The second-order valence-electron chi connectivity index (χ2n) is 4.38. The zero-order chi connectivity index (χ0) is 13.8. The van der Waals surface area contributed by atoms with E-state index in [1.165, 1.54) is 0 Å². The molecule has 0 saturated carbocycles. The van der Waals surface area contributed by atoms with Crippen LogP contribution in [0.2, 0.25) is 0 Å². The van der Waals surface area contributed by atoms with Crippen LogP contribution >= 0.6 is 0 Å². The van der Waals surface area contributed by atoms with Crippen molar-refractivity contribution in [3.8, 4) is 17.7 Å². The summed E-state index contributed by atoms with van der Waals surface area (Å²) in [5.74, 6) is 1.18. The first-order valence-electron chi connectivity index (χ1n) is 5.90. The van der Waals surface area contributed by atoms with Crippen LogP contribution in [0, 0.1) is 18.3 Å². The second-order valence-corrected chi connectivity index (χ2v) is 4.38. The molecule has 2 aromatic rings. The Labute approximate surface area is 112 Å². The molecule has 0 bridgehead atoms. The summed E-state index contributed by atoms with van der Waals surface area (Å²) >= 11 is 0. The predicted octanol–water partition coefficient (Wildman–Crippen LogP) is 4.09. The van der Waals surface area contributed by atoms with E-state index >= 15 is 0 Å². The van der Waals surface area contributed by atoms with Gasteiger partial charge in [-0.05, 0) is 48.7 Å². The molecule has 1 aromatic carbocycles. The lowest BCUT2D eigenvalue weighted by molar-refractivity contribution is 0.462. The average molecular weight is 250 g/mol. The largest absolute Gasteiger partial charge is 0.439 e. The highest BCUT2D eigenvalue weighted by atomic mass is 16.5. The van der Waals surface area contributed by atoms with Gasteiger partial charge < -0.3 is 4.74 Å². The summed E-state index contributed by atoms with van der Waals surface area (Å²) in [6.07, 6.45) is 1.75. The lowest BCUT2D eigenvalue weighted by Gasteiger charge is -2.08. The molecule has 1 heterocycles. The molecular formula is C16H14N2O. The van der Waals surface area contributed by atoms with E-state index in [9.17, 15) is 0 Å². The van der Waals surface area contributed by atoms with Crippen molar-refractivity contribution < 1.29 is 4.74 Å². The summed E-state index contributed by atoms with van der Waals surface area (Å²) in [5, 5.41) is 9.03. The third kappa shape index (κ3) is 2.99. The number of pyridine rings is 1. The maximum absolute atomic E-state index is 9.03. The molecule has 0 radical (unpaired) electrons. The van der Waals surface area contributed by atoms with Crippen molar-refractivity contribution >= 4 is 5.57 Å². The summed E-state index contributed by atoms with van der Waals surface area (Å²) in [4.78, 5) is 4.18. The van der Waals surface area contributed by atoms with Gasteiger partial charge >= 0.3 is 0 Å². The van der Waals surface area contributed by atoms with Gasteiger partial charge in [0.2, 0.25) is 5.88 Å². The Morgan fingerprint density at radius 3 is 2.68 bits per heavy atom. The van der Waals surface area contributed by atoms with Crippen LogP contribution in [0.4, 0.5) is 0 Å². The number of rotatable bonds is 3. The number of aromatic nitrogens is 1. The Balaban J connectivity index is 2.31. The molecule has 1 aromatic heterocycles. The highest BCUT2D eigenvalue weighted by Gasteiger charge is 2.06. The van der Waals surface area contributed by atoms with Crippen LogP contribution in [0.25, 0.3) is 5.57 Å². The Bertz CT molecular complexity index is 651. The topological polar surface area (TPSA) is 45.9 Å². The number of nitrogens with zero attached hydrogens (tertiary/aromatic N) is 2. The minimum Gasteiger partial charge on any atom is -0.439 e. The van der Waals surface area contributed by atoms with E-state index in [-0.39, 0.29) is 0 Å². The maximum Gasteiger partial charge on any atom is 0.219 e. The number of ether oxygens (including phenoxy) is 1. The van der Waals surface area contributed by atoms with E-state index in [1.54, 1.807) is 18.3 Å². The second kappa shape index (κ2) is 5.36. The quantitative estimate of drug-likeness (QED) is 0.824. The highest BCUT2D eigenvalue weighted by Crippen LogP contribution is 2.26. The summed E-state index contributed by atoms with van der Waals surface area (Å²) in [6.45, 7) is 7.71. The number of hydrogen-bond donors (Lipinski definition) is 0. The fraction of sp³-hybridized carbons (Fsp3) is 0.125. The minimum atomic E-state index is 0.531. The molecular weight excluding hydrogens is 236 g/mol. The molecule has 3 heteroatoms. The number of nitriles is 1. The van der Waals surface area contributed by atoms with E-state index in [2.05, 4.69) is 17.6 Å². The maximum atomic E-state index is 9.03. The van der Waals surface area contributed by atoms with E-state index in [0.29, 0.717) is 17.2 Å². The lowest BCUT2D eigenvalue weighted by Crippen LogP contribution is -1.91. The molecule has 0 saturated heterocycles. The summed E-state index contributed by atoms with van der Waals surface area (Å²) in [5.41, 5.74) is 3.30. The summed E-state index contributed by atoms with van der Waals surface area (Å²) in [6, 6.07) is 11.2. The van der Waals surface area contributed by atoms with Crippen molar-refractivity contribution in [3.63, 3.8) is 0 Å². The van der Waals surface area contributed by atoms with Crippen LogP contribution in [-0.2, 0) is 0 Å². The van der Waals surface area contributed by atoms with Crippen LogP contribution in [0.5, 0.6) is 11.6 Å². The monoisotopic (exact) mass is 250 g/mol. The smallest absolute Gasteiger partial charge is 0.219 e. The molecule has 0 aliphatic carbocycles. The summed E-state index contributed by atoms with van der Waals surface area (Å²) in [7, 11) is 0. The standard InChI is InChI=1S/C16H14N2O/c1-11(2)15-8-14(6-5-13(15)9-17)19-16-7-4-12(3)10-18-16/h4-8,10H,1H2,2-3H3. The van der Waals surface area contributed by atoms with Gasteiger partial charge in [0, 0.05) is 12.3 Å². The van der Waals surface area contributed by atoms with Crippen molar-refractivity contribution in [2.45, 2.75) is 13.8 Å². The van der Waals surface area contributed by atoms with Gasteiger partial charge in [-0.3, -0.25) is 0 Å². The number of hydrogen-bond acceptors (Lipinski definition) is 3. The first-order valence-corrected chi connectivity index (χ1v) is 5.90. The zero-order valence-electron chi connectivity index (χ0n) is 11.0. The third-order valence-corrected chi connectivity index (χ3v) is 2.68. The van der Waals surface area contributed by atoms with Gasteiger partial charge in [0.25, 0.3) is 0 Å². The van der Waals surface area contributed by atoms with Crippen molar-refractivity contribution in [1.82, 2.24) is 4.98 Å². The molecule has 2 rings (SSSR count). The van der Waals surface area contributed by atoms with Gasteiger partial charge in [-0.1, -0.05) is 12.6 Å². The van der Waals surface area contributed by atoms with Gasteiger partial charge in [-0.15, -0.1) is 0 Å². The van der Waals surface area contributed by atoms with Crippen molar-refractivity contribution in [3.05, 3.63) is 59.8 Å². The molecule has 0 aliphatic heterocycles. The normalized spacial score (nSPS) is 9.74. The molecule has 0 spiro atoms. The van der Waals surface area contributed by atoms with Gasteiger partial charge in [0.15, 0.2) is 0 Å². The molecule has 0 fully saturated rings. The molecule has 94 valence electrons. The van der Waals surface area contributed by atoms with Crippen molar-refractivity contribution in [2.75, 3.05) is 0 Å². The third-order valence-electron chi connectivity index (χ3n) is 2.68. The Morgan fingerprint density at radius 1 is 1.32 bits per heavy atom.